The lowest BCUT2D eigenvalue weighted by Gasteiger charge is -2.46. The van der Waals surface area contributed by atoms with Crippen LogP contribution in [-0.2, 0) is 12.2 Å². The standard InChI is InChI=1S/C33H42N4O/c1-3-36(4-2)32(27-12-8-13-27)28-16-18-29(19-17-28)33(34,30-14-9-15-31(38)24-30)37-22-20-35(21-23-37)25-26-10-6-5-7-11-26/h5-7,9-11,14-19,24,38H,3-4,8,12-13,20-23,25,34H2,1-2H3. The Kier molecular flexibility index (Phi) is 8.18. The van der Waals surface area contributed by atoms with E-state index in [0.717, 1.165) is 56.9 Å². The summed E-state index contributed by atoms with van der Waals surface area (Å²) >= 11 is 0. The Morgan fingerprint density at radius 1 is 0.842 bits per heavy atom. The molecule has 0 spiro atoms. The molecule has 0 amide bonds. The predicted molar refractivity (Wildman–Crippen MR) is 157 cm³/mol. The van der Waals surface area contributed by atoms with Gasteiger partial charge >= 0.3 is 0 Å². The third kappa shape index (κ3) is 5.37. The molecule has 1 atom stereocenters. The summed E-state index contributed by atoms with van der Waals surface area (Å²) in [6, 6.07) is 27.1. The number of hydrogen-bond acceptors (Lipinski definition) is 5. The van der Waals surface area contributed by atoms with Crippen molar-refractivity contribution in [3.8, 4) is 5.75 Å². The van der Waals surface area contributed by atoms with Gasteiger partial charge in [0.2, 0.25) is 0 Å². The fraction of sp³-hybridized carbons (Fsp3) is 0.394. The van der Waals surface area contributed by atoms with Crippen LogP contribution in [0, 0.1) is 0 Å². The summed E-state index contributed by atoms with van der Waals surface area (Å²) in [7, 11) is 0. The number of nitrogens with two attached hydrogens (primary N) is 1. The number of piperazine rings is 1. The molecule has 3 aromatic carbocycles. The molecule has 5 heteroatoms. The largest absolute Gasteiger partial charge is 0.508 e. The molecule has 1 saturated heterocycles. The molecule has 3 aromatic rings. The van der Waals surface area contributed by atoms with Crippen molar-refractivity contribution in [2.24, 2.45) is 5.73 Å². The van der Waals surface area contributed by atoms with E-state index in [-0.39, 0.29) is 5.75 Å². The van der Waals surface area contributed by atoms with Crippen LogP contribution >= 0.6 is 0 Å². The average molecular weight is 511 g/mol. The molecular weight excluding hydrogens is 468 g/mol. The molecule has 1 heterocycles. The van der Waals surface area contributed by atoms with Crippen LogP contribution in [0.5, 0.6) is 5.75 Å². The predicted octanol–water partition coefficient (Wildman–Crippen LogP) is 5.61. The highest BCUT2D eigenvalue weighted by Crippen LogP contribution is 2.38. The van der Waals surface area contributed by atoms with E-state index in [1.807, 2.05) is 18.2 Å². The van der Waals surface area contributed by atoms with Gasteiger partial charge in [-0.25, -0.2) is 0 Å². The minimum absolute atomic E-state index is 0.246. The van der Waals surface area contributed by atoms with Crippen LogP contribution < -0.4 is 5.73 Å². The molecule has 5 nitrogen and oxygen atoms in total. The summed E-state index contributed by atoms with van der Waals surface area (Å²) in [6.45, 7) is 11.1. The number of aromatic hydroxyl groups is 1. The van der Waals surface area contributed by atoms with Crippen molar-refractivity contribution in [2.75, 3.05) is 39.3 Å². The number of phenols is 1. The quantitative estimate of drug-likeness (QED) is 0.392. The molecule has 1 aliphatic heterocycles. The molecule has 0 radical (unpaired) electrons. The minimum Gasteiger partial charge on any atom is -0.508 e. The second kappa shape index (κ2) is 11.7. The summed E-state index contributed by atoms with van der Waals surface area (Å²) in [5.41, 5.74) is 14.1. The fourth-order valence-corrected chi connectivity index (χ4v) is 6.00. The van der Waals surface area contributed by atoms with Gasteiger partial charge in [0.05, 0.1) is 0 Å². The molecule has 1 saturated carbocycles. The van der Waals surface area contributed by atoms with Gasteiger partial charge in [-0.3, -0.25) is 9.80 Å². The Morgan fingerprint density at radius 3 is 2.11 bits per heavy atom. The van der Waals surface area contributed by atoms with Crippen LogP contribution in [-0.4, -0.2) is 59.1 Å². The Balaban J connectivity index is 1.43. The van der Waals surface area contributed by atoms with Gasteiger partial charge in [-0.1, -0.05) is 66.7 Å². The van der Waals surface area contributed by atoms with Crippen molar-refractivity contribution in [1.29, 1.82) is 0 Å². The first-order chi connectivity index (χ1) is 18.5. The first-order valence-electron chi connectivity index (χ1n) is 14.2. The van der Waals surface area contributed by atoms with Crippen LogP contribution in [0.25, 0.3) is 5.70 Å². The topological polar surface area (TPSA) is 56.0 Å². The van der Waals surface area contributed by atoms with E-state index in [0.29, 0.717) is 0 Å². The zero-order chi connectivity index (χ0) is 26.5. The molecule has 1 aliphatic carbocycles. The van der Waals surface area contributed by atoms with E-state index >= 15 is 0 Å². The molecule has 2 fully saturated rings. The number of nitrogens with zero attached hydrogens (tertiary/aromatic N) is 3. The Labute approximate surface area is 228 Å². The molecule has 200 valence electrons. The normalized spacial score (nSPS) is 18.0. The van der Waals surface area contributed by atoms with Crippen LogP contribution in [0.15, 0.2) is 84.4 Å². The highest BCUT2D eigenvalue weighted by atomic mass is 16.3. The van der Waals surface area contributed by atoms with Gasteiger partial charge in [0, 0.05) is 51.5 Å². The SMILES string of the molecule is CCN(CC)C(=C1CCC1)c1ccc(C(N)(c2cccc(O)c2)N2CCN(Cc3ccccc3)CC2)cc1. The van der Waals surface area contributed by atoms with E-state index in [9.17, 15) is 5.11 Å². The van der Waals surface area contributed by atoms with Crippen molar-refractivity contribution in [2.45, 2.75) is 45.3 Å². The van der Waals surface area contributed by atoms with Crippen LogP contribution in [0.1, 0.15) is 55.4 Å². The average Bonchev–Trinajstić information content (AvgIpc) is 2.93. The third-order valence-corrected chi connectivity index (χ3v) is 8.38. The summed E-state index contributed by atoms with van der Waals surface area (Å²) in [5.74, 6) is 0.246. The van der Waals surface area contributed by atoms with Crippen molar-refractivity contribution < 1.29 is 5.11 Å². The molecule has 3 N–H and O–H groups in total. The summed E-state index contributed by atoms with van der Waals surface area (Å²) in [6.07, 6.45) is 3.69. The van der Waals surface area contributed by atoms with Crippen molar-refractivity contribution in [3.05, 3.63) is 107 Å². The second-order valence-corrected chi connectivity index (χ2v) is 10.6. The van der Waals surface area contributed by atoms with Crippen molar-refractivity contribution >= 4 is 5.70 Å². The lowest BCUT2D eigenvalue weighted by molar-refractivity contribution is 0.0524. The number of benzene rings is 3. The van der Waals surface area contributed by atoms with E-state index in [4.69, 9.17) is 5.73 Å². The maximum atomic E-state index is 10.4. The van der Waals surface area contributed by atoms with Crippen molar-refractivity contribution in [3.63, 3.8) is 0 Å². The minimum atomic E-state index is -0.824. The molecule has 0 aromatic heterocycles. The zero-order valence-electron chi connectivity index (χ0n) is 22.9. The maximum Gasteiger partial charge on any atom is 0.122 e. The first-order valence-corrected chi connectivity index (χ1v) is 14.2. The lowest BCUT2D eigenvalue weighted by atomic mass is 9.85. The van der Waals surface area contributed by atoms with Crippen molar-refractivity contribution in [1.82, 2.24) is 14.7 Å². The Hall–Kier alpha value is -3.12. The second-order valence-electron chi connectivity index (χ2n) is 10.6. The zero-order valence-corrected chi connectivity index (χ0v) is 22.9. The number of phenolic OH excluding ortho intramolecular Hbond substituents is 1. The summed E-state index contributed by atoms with van der Waals surface area (Å²) < 4.78 is 0. The van der Waals surface area contributed by atoms with E-state index in [2.05, 4.69) is 83.1 Å². The maximum absolute atomic E-state index is 10.4. The monoisotopic (exact) mass is 510 g/mol. The first kappa shape index (κ1) is 26.5. The number of allylic oxidation sites excluding steroid dienone is 1. The Bertz CT molecular complexity index is 1220. The molecule has 1 unspecified atom stereocenters. The highest BCUT2D eigenvalue weighted by Gasteiger charge is 2.38. The molecular formula is C33H42N4O. The van der Waals surface area contributed by atoms with Gasteiger partial charge in [-0.05, 0) is 73.1 Å². The smallest absolute Gasteiger partial charge is 0.122 e. The van der Waals surface area contributed by atoms with Gasteiger partial charge in [0.1, 0.15) is 11.4 Å². The van der Waals surface area contributed by atoms with Gasteiger partial charge < -0.3 is 15.7 Å². The van der Waals surface area contributed by atoms with Gasteiger partial charge in [-0.2, -0.15) is 0 Å². The van der Waals surface area contributed by atoms with Crippen LogP contribution in [0.3, 0.4) is 0 Å². The summed E-state index contributed by atoms with van der Waals surface area (Å²) in [4.78, 5) is 7.37. The van der Waals surface area contributed by atoms with Gasteiger partial charge in [0.25, 0.3) is 0 Å². The molecule has 0 bridgehead atoms. The molecule has 38 heavy (non-hydrogen) atoms. The van der Waals surface area contributed by atoms with Crippen LogP contribution in [0.2, 0.25) is 0 Å². The van der Waals surface area contributed by atoms with Gasteiger partial charge in [0.15, 0.2) is 0 Å². The lowest BCUT2D eigenvalue weighted by Crippen LogP contribution is -2.60. The Morgan fingerprint density at radius 2 is 1.53 bits per heavy atom. The van der Waals surface area contributed by atoms with E-state index in [1.165, 1.54) is 36.1 Å². The number of hydrogen-bond donors (Lipinski definition) is 2. The van der Waals surface area contributed by atoms with E-state index in [1.54, 1.807) is 11.6 Å². The highest BCUT2D eigenvalue weighted by molar-refractivity contribution is 5.69. The fourth-order valence-electron chi connectivity index (χ4n) is 6.00. The molecule has 5 rings (SSSR count). The third-order valence-electron chi connectivity index (χ3n) is 8.38. The van der Waals surface area contributed by atoms with Crippen LogP contribution in [0.4, 0.5) is 0 Å². The number of rotatable bonds is 9. The molecule has 2 aliphatic rings. The van der Waals surface area contributed by atoms with E-state index < -0.39 is 5.66 Å². The summed E-state index contributed by atoms with van der Waals surface area (Å²) in [5, 5.41) is 10.4. The van der Waals surface area contributed by atoms with Gasteiger partial charge in [-0.15, -0.1) is 0 Å².